The van der Waals surface area contributed by atoms with Crippen molar-refractivity contribution in [1.82, 2.24) is 10.3 Å². The number of carbonyl (C=O) groups is 1. The Kier molecular flexibility index (Phi) is 5.57. The summed E-state index contributed by atoms with van der Waals surface area (Å²) >= 11 is 0. The Bertz CT molecular complexity index is 811. The maximum Gasteiger partial charge on any atom is 0.404 e. The monoisotopic (exact) mass is 389 g/mol. The minimum Gasteiger partial charge on any atom is -0.493 e. The van der Waals surface area contributed by atoms with E-state index in [1.165, 1.54) is 12.8 Å². The lowest BCUT2D eigenvalue weighted by atomic mass is 10.1. The Balaban J connectivity index is 1.29. The molecule has 8 nitrogen and oxygen atoms in total. The summed E-state index contributed by atoms with van der Waals surface area (Å²) in [7, 11) is 0. The van der Waals surface area contributed by atoms with Crippen LogP contribution in [0.2, 0.25) is 0 Å². The molecule has 8 heteroatoms. The lowest BCUT2D eigenvalue weighted by molar-refractivity contribution is 0.0260. The highest BCUT2D eigenvalue weighted by molar-refractivity contribution is 5.76. The topological polar surface area (TPSA) is 97.1 Å². The Morgan fingerprint density at radius 2 is 2.14 bits per heavy atom. The molecule has 28 heavy (non-hydrogen) atoms. The van der Waals surface area contributed by atoms with Crippen LogP contribution in [0.25, 0.3) is 11.1 Å². The van der Waals surface area contributed by atoms with Crippen molar-refractivity contribution in [2.75, 3.05) is 31.2 Å². The number of piperidine rings is 1. The van der Waals surface area contributed by atoms with Gasteiger partial charge in [-0.05, 0) is 50.7 Å². The van der Waals surface area contributed by atoms with E-state index in [0.29, 0.717) is 12.6 Å². The highest BCUT2D eigenvalue weighted by Gasteiger charge is 2.24. The molecule has 152 valence electrons. The molecule has 1 saturated carbocycles. The number of nitrogens with zero attached hydrogens (tertiary/aromatic N) is 2. The summed E-state index contributed by atoms with van der Waals surface area (Å²) in [6.45, 7) is 4.55. The van der Waals surface area contributed by atoms with Gasteiger partial charge < -0.3 is 29.2 Å². The second-order valence-corrected chi connectivity index (χ2v) is 7.75. The first-order valence-electron chi connectivity index (χ1n) is 9.96. The fourth-order valence-corrected chi connectivity index (χ4v) is 3.37. The predicted molar refractivity (Wildman–Crippen MR) is 104 cm³/mol. The predicted octanol–water partition coefficient (Wildman–Crippen LogP) is 3.26. The quantitative estimate of drug-likeness (QED) is 0.715. The van der Waals surface area contributed by atoms with Crippen molar-refractivity contribution in [1.29, 1.82) is 0 Å². The van der Waals surface area contributed by atoms with Gasteiger partial charge in [0.05, 0.1) is 25.4 Å². The minimum atomic E-state index is -1.03. The van der Waals surface area contributed by atoms with E-state index < -0.39 is 6.09 Å². The standard InChI is InChI=1S/C20H27N3O5/c1-13(21-20(24)25)11-26-15-6-8-23(9-7-15)19-22-17-10-16(4-5-18(17)28-19)27-12-14-2-3-14/h4-5,10,13-15,21H,2-3,6-9,11-12H2,1H3,(H,24,25)/t13-/m0/s1. The number of anilines is 1. The SMILES string of the molecule is C[C@@H](COC1CCN(c2nc3cc(OCC4CC4)ccc3o2)CC1)NC(=O)O. The number of hydrogen-bond acceptors (Lipinski definition) is 6. The van der Waals surface area contributed by atoms with Crippen molar-refractivity contribution in [2.45, 2.75) is 44.8 Å². The first-order chi connectivity index (χ1) is 13.6. The molecule has 0 bridgehead atoms. The molecule has 2 heterocycles. The van der Waals surface area contributed by atoms with Gasteiger partial charge in [0, 0.05) is 19.2 Å². The molecule has 0 radical (unpaired) electrons. The lowest BCUT2D eigenvalue weighted by Crippen LogP contribution is -2.40. The molecule has 2 aliphatic rings. The summed E-state index contributed by atoms with van der Waals surface area (Å²) < 4.78 is 17.6. The van der Waals surface area contributed by atoms with Gasteiger partial charge in [0.2, 0.25) is 0 Å². The van der Waals surface area contributed by atoms with Crippen LogP contribution in [0.3, 0.4) is 0 Å². The molecule has 2 fully saturated rings. The Morgan fingerprint density at radius 1 is 1.36 bits per heavy atom. The number of nitrogens with one attached hydrogen (secondary N) is 1. The van der Waals surface area contributed by atoms with Crippen LogP contribution in [0.5, 0.6) is 5.75 Å². The molecule has 1 aromatic heterocycles. The van der Waals surface area contributed by atoms with E-state index in [9.17, 15) is 4.79 Å². The molecular weight excluding hydrogens is 362 g/mol. The number of hydrogen-bond donors (Lipinski definition) is 2. The molecule has 1 saturated heterocycles. The average molecular weight is 389 g/mol. The van der Waals surface area contributed by atoms with Gasteiger partial charge in [0.1, 0.15) is 11.3 Å². The highest BCUT2D eigenvalue weighted by Crippen LogP contribution is 2.31. The number of fused-ring (bicyclic) bond motifs is 1. The van der Waals surface area contributed by atoms with E-state index in [-0.39, 0.29) is 12.1 Å². The smallest absolute Gasteiger partial charge is 0.404 e. The zero-order valence-electron chi connectivity index (χ0n) is 16.1. The van der Waals surface area contributed by atoms with Crippen LogP contribution in [0, 0.1) is 5.92 Å². The van der Waals surface area contributed by atoms with Crippen LogP contribution in [0.15, 0.2) is 22.6 Å². The maximum absolute atomic E-state index is 10.6. The van der Waals surface area contributed by atoms with E-state index in [1.54, 1.807) is 6.92 Å². The van der Waals surface area contributed by atoms with Crippen LogP contribution in [-0.4, -0.2) is 54.6 Å². The van der Waals surface area contributed by atoms with E-state index in [0.717, 1.165) is 55.3 Å². The van der Waals surface area contributed by atoms with Crippen molar-refractivity contribution >= 4 is 23.2 Å². The van der Waals surface area contributed by atoms with Crippen LogP contribution in [0.4, 0.5) is 10.8 Å². The van der Waals surface area contributed by atoms with Gasteiger partial charge in [-0.25, -0.2) is 4.79 Å². The molecule has 2 aromatic rings. The average Bonchev–Trinajstić information content (AvgIpc) is 3.41. The summed E-state index contributed by atoms with van der Waals surface area (Å²) in [5, 5.41) is 11.1. The van der Waals surface area contributed by atoms with E-state index in [1.807, 2.05) is 18.2 Å². The largest absolute Gasteiger partial charge is 0.493 e. The molecule has 1 atom stereocenters. The number of aromatic nitrogens is 1. The molecule has 0 spiro atoms. The molecule has 0 unspecified atom stereocenters. The van der Waals surface area contributed by atoms with E-state index in [2.05, 4.69) is 15.2 Å². The van der Waals surface area contributed by atoms with Gasteiger partial charge in [-0.3, -0.25) is 0 Å². The van der Waals surface area contributed by atoms with Crippen molar-refractivity contribution in [3.8, 4) is 5.75 Å². The summed E-state index contributed by atoms with van der Waals surface area (Å²) in [6.07, 6.45) is 3.35. The van der Waals surface area contributed by atoms with Crippen molar-refractivity contribution in [3.05, 3.63) is 18.2 Å². The van der Waals surface area contributed by atoms with Crippen LogP contribution >= 0.6 is 0 Å². The van der Waals surface area contributed by atoms with Crippen LogP contribution in [0.1, 0.15) is 32.6 Å². The van der Waals surface area contributed by atoms with Gasteiger partial charge in [0.25, 0.3) is 6.01 Å². The van der Waals surface area contributed by atoms with Gasteiger partial charge in [-0.2, -0.15) is 4.98 Å². The second-order valence-electron chi connectivity index (χ2n) is 7.75. The third-order valence-corrected chi connectivity index (χ3v) is 5.19. The van der Waals surface area contributed by atoms with Crippen LogP contribution in [-0.2, 0) is 4.74 Å². The summed E-state index contributed by atoms with van der Waals surface area (Å²) in [6, 6.07) is 6.21. The number of carboxylic acid groups (broad SMARTS) is 1. The molecule has 1 aliphatic carbocycles. The van der Waals surface area contributed by atoms with Crippen molar-refractivity contribution in [3.63, 3.8) is 0 Å². The van der Waals surface area contributed by atoms with Crippen molar-refractivity contribution < 1.29 is 23.8 Å². The summed E-state index contributed by atoms with van der Waals surface area (Å²) in [5.74, 6) is 1.56. The first kappa shape index (κ1) is 18.9. The van der Waals surface area contributed by atoms with E-state index >= 15 is 0 Å². The van der Waals surface area contributed by atoms with Gasteiger partial charge >= 0.3 is 6.09 Å². The fourth-order valence-electron chi connectivity index (χ4n) is 3.37. The summed E-state index contributed by atoms with van der Waals surface area (Å²) in [5.41, 5.74) is 1.58. The molecule has 1 aromatic carbocycles. The fraction of sp³-hybridized carbons (Fsp3) is 0.600. The molecule has 2 N–H and O–H groups in total. The number of oxazole rings is 1. The maximum atomic E-state index is 10.6. The Hall–Kier alpha value is -2.48. The zero-order valence-corrected chi connectivity index (χ0v) is 16.1. The third-order valence-electron chi connectivity index (χ3n) is 5.19. The summed E-state index contributed by atoms with van der Waals surface area (Å²) in [4.78, 5) is 17.4. The number of amides is 1. The number of rotatable bonds is 8. The Labute approximate surface area is 163 Å². The molecule has 4 rings (SSSR count). The van der Waals surface area contributed by atoms with Crippen LogP contribution < -0.4 is 15.0 Å². The zero-order chi connectivity index (χ0) is 19.5. The first-order valence-corrected chi connectivity index (χ1v) is 9.96. The minimum absolute atomic E-state index is 0.126. The van der Waals surface area contributed by atoms with Gasteiger partial charge in [-0.15, -0.1) is 0 Å². The van der Waals surface area contributed by atoms with Gasteiger partial charge in [-0.1, -0.05) is 0 Å². The van der Waals surface area contributed by atoms with Gasteiger partial charge in [0.15, 0.2) is 5.58 Å². The lowest BCUT2D eigenvalue weighted by Gasteiger charge is -2.31. The van der Waals surface area contributed by atoms with E-state index in [4.69, 9.17) is 19.0 Å². The number of ether oxygens (including phenoxy) is 2. The van der Waals surface area contributed by atoms with Crippen molar-refractivity contribution in [2.24, 2.45) is 5.92 Å². The Morgan fingerprint density at radius 3 is 2.86 bits per heavy atom. The molecule has 1 amide bonds. The normalized spacial score (nSPS) is 19.0. The molecular formula is C20H27N3O5. The molecule has 1 aliphatic heterocycles. The second kappa shape index (κ2) is 8.26. The highest BCUT2D eigenvalue weighted by atomic mass is 16.5. The number of benzene rings is 1. The third kappa shape index (κ3) is 4.86.